The van der Waals surface area contributed by atoms with Crippen molar-refractivity contribution in [1.82, 2.24) is 4.98 Å². The van der Waals surface area contributed by atoms with E-state index in [0.29, 0.717) is 12.2 Å². The number of hydrogen-bond acceptors (Lipinski definition) is 2. The quantitative estimate of drug-likeness (QED) is 0.924. The van der Waals surface area contributed by atoms with E-state index in [2.05, 4.69) is 46.1 Å². The maximum atomic E-state index is 12.0. The molecule has 4 heteroatoms. The van der Waals surface area contributed by atoms with Gasteiger partial charge < -0.3 is 5.32 Å². The van der Waals surface area contributed by atoms with Gasteiger partial charge >= 0.3 is 0 Å². The number of pyridine rings is 1. The van der Waals surface area contributed by atoms with Gasteiger partial charge in [-0.3, -0.25) is 4.79 Å². The lowest BCUT2D eigenvalue weighted by Gasteiger charge is -2.07. The lowest BCUT2D eigenvalue weighted by Crippen LogP contribution is -2.15. The second kappa shape index (κ2) is 6.18. The summed E-state index contributed by atoms with van der Waals surface area (Å²) in [7, 11) is 0. The van der Waals surface area contributed by atoms with Crippen molar-refractivity contribution in [3.63, 3.8) is 0 Å². The summed E-state index contributed by atoms with van der Waals surface area (Å²) in [5, 5.41) is 2.82. The van der Waals surface area contributed by atoms with Crippen LogP contribution in [-0.4, -0.2) is 10.9 Å². The second-order valence-corrected chi connectivity index (χ2v) is 5.82. The fraction of sp³-hybridized carbons (Fsp3) is 0.250. The molecule has 1 amide bonds. The fourth-order valence-corrected chi connectivity index (χ4v) is 2.11. The highest BCUT2D eigenvalue weighted by atomic mass is 79.9. The van der Waals surface area contributed by atoms with Gasteiger partial charge in [0, 0.05) is 10.7 Å². The molecule has 1 aromatic carbocycles. The summed E-state index contributed by atoms with van der Waals surface area (Å²) in [5.41, 5.74) is 4.49. The van der Waals surface area contributed by atoms with Crippen molar-refractivity contribution < 1.29 is 4.79 Å². The van der Waals surface area contributed by atoms with Gasteiger partial charge in [0.25, 0.3) is 0 Å². The molecular formula is C16H17BrN2O. The summed E-state index contributed by atoms with van der Waals surface area (Å²) >= 11 is 3.39. The van der Waals surface area contributed by atoms with Crippen molar-refractivity contribution >= 4 is 27.7 Å². The molecule has 1 aromatic heterocycles. The van der Waals surface area contributed by atoms with E-state index in [1.807, 2.05) is 25.1 Å². The number of hydrogen-bond donors (Lipinski definition) is 1. The van der Waals surface area contributed by atoms with Crippen molar-refractivity contribution in [2.75, 3.05) is 5.32 Å². The van der Waals surface area contributed by atoms with Crippen molar-refractivity contribution in [2.24, 2.45) is 0 Å². The summed E-state index contributed by atoms with van der Waals surface area (Å²) < 4.78 is 0.935. The predicted octanol–water partition coefficient (Wildman–Crippen LogP) is 3.95. The molecule has 0 fully saturated rings. The number of halogens is 1. The molecule has 0 aliphatic carbocycles. The zero-order chi connectivity index (χ0) is 14.7. The number of nitrogens with one attached hydrogen (secondary N) is 1. The van der Waals surface area contributed by atoms with Crippen LogP contribution in [0.1, 0.15) is 22.3 Å². The van der Waals surface area contributed by atoms with E-state index in [-0.39, 0.29) is 5.91 Å². The maximum absolute atomic E-state index is 12.0. The lowest BCUT2D eigenvalue weighted by atomic mass is 10.0. The molecule has 0 aliphatic heterocycles. The first-order valence-corrected chi connectivity index (χ1v) is 7.23. The Morgan fingerprint density at radius 1 is 1.15 bits per heavy atom. The highest BCUT2D eigenvalue weighted by Crippen LogP contribution is 2.17. The predicted molar refractivity (Wildman–Crippen MR) is 84.9 cm³/mol. The molecule has 104 valence electrons. The third-order valence-corrected chi connectivity index (χ3v) is 4.08. The Bertz CT molecular complexity index is 597. The summed E-state index contributed by atoms with van der Waals surface area (Å²) in [6.45, 7) is 6.08. The number of anilines is 1. The molecular weight excluding hydrogens is 316 g/mol. The number of rotatable bonds is 3. The van der Waals surface area contributed by atoms with Gasteiger partial charge in [-0.2, -0.15) is 0 Å². The minimum atomic E-state index is -0.0533. The average molecular weight is 333 g/mol. The molecule has 3 nitrogen and oxygen atoms in total. The Labute approximate surface area is 127 Å². The van der Waals surface area contributed by atoms with E-state index in [9.17, 15) is 4.79 Å². The molecule has 20 heavy (non-hydrogen) atoms. The van der Waals surface area contributed by atoms with E-state index in [0.717, 1.165) is 15.6 Å². The second-order valence-electron chi connectivity index (χ2n) is 4.96. The van der Waals surface area contributed by atoms with Crippen molar-refractivity contribution in [3.8, 4) is 0 Å². The van der Waals surface area contributed by atoms with E-state index < -0.39 is 0 Å². The van der Waals surface area contributed by atoms with Crippen molar-refractivity contribution in [1.29, 1.82) is 0 Å². The molecule has 2 aromatic rings. The Morgan fingerprint density at radius 3 is 2.55 bits per heavy atom. The molecule has 1 heterocycles. The zero-order valence-electron chi connectivity index (χ0n) is 11.8. The molecule has 0 saturated carbocycles. The van der Waals surface area contributed by atoms with Crippen LogP contribution in [-0.2, 0) is 11.2 Å². The third kappa shape index (κ3) is 3.67. The first-order valence-electron chi connectivity index (χ1n) is 6.44. The monoisotopic (exact) mass is 332 g/mol. The fourth-order valence-electron chi connectivity index (χ4n) is 1.89. The van der Waals surface area contributed by atoms with E-state index >= 15 is 0 Å². The Kier molecular flexibility index (Phi) is 4.55. The topological polar surface area (TPSA) is 42.0 Å². The Hall–Kier alpha value is -1.68. The molecule has 0 unspecified atom stereocenters. The summed E-state index contributed by atoms with van der Waals surface area (Å²) in [6.07, 6.45) is 2.05. The normalized spacial score (nSPS) is 10.4. The molecule has 0 radical (unpaired) electrons. The summed E-state index contributed by atoms with van der Waals surface area (Å²) in [6, 6.07) is 7.93. The third-order valence-electron chi connectivity index (χ3n) is 3.25. The Balaban J connectivity index is 2.04. The first kappa shape index (κ1) is 14.7. The van der Waals surface area contributed by atoms with Crippen LogP contribution in [0.25, 0.3) is 0 Å². The van der Waals surface area contributed by atoms with Gasteiger partial charge in [0.1, 0.15) is 5.82 Å². The van der Waals surface area contributed by atoms with Crippen LogP contribution in [0.4, 0.5) is 5.82 Å². The molecule has 0 spiro atoms. The highest BCUT2D eigenvalue weighted by Gasteiger charge is 2.07. The minimum Gasteiger partial charge on any atom is -0.310 e. The van der Waals surface area contributed by atoms with Crippen molar-refractivity contribution in [2.45, 2.75) is 27.2 Å². The number of carbonyl (C=O) groups excluding carboxylic acids is 1. The highest BCUT2D eigenvalue weighted by molar-refractivity contribution is 9.10. The molecule has 0 aliphatic rings. The number of benzene rings is 1. The maximum Gasteiger partial charge on any atom is 0.229 e. The van der Waals surface area contributed by atoms with Crippen molar-refractivity contribution in [3.05, 3.63) is 57.2 Å². The van der Waals surface area contributed by atoms with Crippen LogP contribution in [0.5, 0.6) is 0 Å². The largest absolute Gasteiger partial charge is 0.310 e. The number of carbonyl (C=O) groups is 1. The van der Waals surface area contributed by atoms with E-state index in [1.54, 1.807) is 6.20 Å². The SMILES string of the molecule is Cc1ccc(CC(=O)Nc2cc(C)c(Br)cn2)cc1C. The standard InChI is InChI=1S/C16H17BrN2O/c1-10-4-5-13(6-11(10)2)8-16(20)19-15-7-12(3)14(17)9-18-15/h4-7,9H,8H2,1-3H3,(H,18,19,20). The Morgan fingerprint density at radius 2 is 1.90 bits per heavy atom. The molecule has 0 saturated heterocycles. The smallest absolute Gasteiger partial charge is 0.229 e. The van der Waals surface area contributed by atoms with Gasteiger partial charge in [0.2, 0.25) is 5.91 Å². The van der Waals surface area contributed by atoms with Crippen LogP contribution in [0.3, 0.4) is 0 Å². The van der Waals surface area contributed by atoms with Crippen LogP contribution in [0, 0.1) is 20.8 Å². The van der Waals surface area contributed by atoms with Crippen LogP contribution in [0.2, 0.25) is 0 Å². The number of amides is 1. The van der Waals surface area contributed by atoms with Gasteiger partial charge in [-0.05, 0) is 65.0 Å². The number of aryl methyl sites for hydroxylation is 3. The van der Waals surface area contributed by atoms with E-state index in [4.69, 9.17) is 0 Å². The van der Waals surface area contributed by atoms with E-state index in [1.165, 1.54) is 11.1 Å². The van der Waals surface area contributed by atoms with Gasteiger partial charge in [-0.1, -0.05) is 18.2 Å². The van der Waals surface area contributed by atoms with Crippen LogP contribution >= 0.6 is 15.9 Å². The van der Waals surface area contributed by atoms with Gasteiger partial charge in [-0.25, -0.2) is 4.98 Å². The van der Waals surface area contributed by atoms with Gasteiger partial charge in [0.15, 0.2) is 0 Å². The lowest BCUT2D eigenvalue weighted by molar-refractivity contribution is -0.115. The van der Waals surface area contributed by atoms with Crippen LogP contribution < -0.4 is 5.32 Å². The van der Waals surface area contributed by atoms with Gasteiger partial charge in [0.05, 0.1) is 6.42 Å². The summed E-state index contributed by atoms with van der Waals surface area (Å²) in [4.78, 5) is 16.2. The first-order chi connectivity index (χ1) is 9.45. The molecule has 0 atom stereocenters. The molecule has 2 rings (SSSR count). The minimum absolute atomic E-state index is 0.0533. The number of nitrogens with zero attached hydrogens (tertiary/aromatic N) is 1. The molecule has 0 bridgehead atoms. The number of aromatic nitrogens is 1. The van der Waals surface area contributed by atoms with Crippen LogP contribution in [0.15, 0.2) is 34.9 Å². The average Bonchev–Trinajstić information content (AvgIpc) is 2.38. The molecule has 1 N–H and O–H groups in total. The summed E-state index contributed by atoms with van der Waals surface area (Å²) in [5.74, 6) is 0.530. The zero-order valence-corrected chi connectivity index (χ0v) is 13.4. The van der Waals surface area contributed by atoms with Gasteiger partial charge in [-0.15, -0.1) is 0 Å².